The van der Waals surface area contributed by atoms with Crippen LogP contribution in [0.4, 0.5) is 0 Å². The van der Waals surface area contributed by atoms with Crippen molar-refractivity contribution in [1.82, 2.24) is 4.90 Å². The Kier molecular flexibility index (Phi) is 4.10. The lowest BCUT2D eigenvalue weighted by atomic mass is 9.85. The average molecular weight is 260 g/mol. The Morgan fingerprint density at radius 1 is 1.35 bits per heavy atom. The van der Waals surface area contributed by atoms with Crippen molar-refractivity contribution in [2.45, 2.75) is 44.7 Å². The van der Waals surface area contributed by atoms with Crippen LogP contribution in [0.25, 0.3) is 0 Å². The zero-order chi connectivity index (χ0) is 12.5. The van der Waals surface area contributed by atoms with Crippen molar-refractivity contribution >= 4 is 9.84 Å². The van der Waals surface area contributed by atoms with E-state index in [9.17, 15) is 8.42 Å². The highest BCUT2D eigenvalue weighted by atomic mass is 32.2. The molecule has 0 spiro atoms. The monoisotopic (exact) mass is 260 g/mol. The van der Waals surface area contributed by atoms with Gasteiger partial charge in [-0.05, 0) is 32.1 Å². The Hall–Kier alpha value is -0.130. The van der Waals surface area contributed by atoms with Crippen LogP contribution in [0.15, 0.2) is 0 Å². The predicted molar refractivity (Wildman–Crippen MR) is 69.6 cm³/mol. The van der Waals surface area contributed by atoms with Gasteiger partial charge in [-0.2, -0.15) is 0 Å². The lowest BCUT2D eigenvalue weighted by Crippen LogP contribution is -2.49. The highest BCUT2D eigenvalue weighted by Gasteiger charge is 2.30. The third-order valence-corrected chi connectivity index (χ3v) is 5.92. The van der Waals surface area contributed by atoms with E-state index in [-0.39, 0.29) is 6.04 Å². The van der Waals surface area contributed by atoms with Crippen LogP contribution in [0, 0.1) is 5.92 Å². The first-order valence-corrected chi connectivity index (χ1v) is 8.48. The van der Waals surface area contributed by atoms with Crippen LogP contribution in [0.5, 0.6) is 0 Å². The fourth-order valence-electron chi connectivity index (χ4n) is 3.13. The van der Waals surface area contributed by atoms with E-state index in [2.05, 4.69) is 4.90 Å². The molecule has 0 aromatic rings. The molecule has 1 aliphatic carbocycles. The summed E-state index contributed by atoms with van der Waals surface area (Å²) >= 11 is 0. The number of nitrogens with zero attached hydrogens (tertiary/aromatic N) is 1. The van der Waals surface area contributed by atoms with Crippen molar-refractivity contribution in [3.63, 3.8) is 0 Å². The van der Waals surface area contributed by atoms with Gasteiger partial charge in [0.15, 0.2) is 9.84 Å². The van der Waals surface area contributed by atoms with Crippen molar-refractivity contribution in [3.8, 4) is 0 Å². The van der Waals surface area contributed by atoms with Gasteiger partial charge in [0.25, 0.3) is 0 Å². The molecule has 0 bridgehead atoms. The Morgan fingerprint density at radius 2 is 2.12 bits per heavy atom. The van der Waals surface area contributed by atoms with Gasteiger partial charge >= 0.3 is 0 Å². The third-order valence-electron chi connectivity index (χ3n) is 4.12. The molecule has 1 saturated heterocycles. The summed E-state index contributed by atoms with van der Waals surface area (Å²) in [5.41, 5.74) is 5.99. The second-order valence-corrected chi connectivity index (χ2v) is 7.98. The second-order valence-electron chi connectivity index (χ2n) is 5.75. The van der Waals surface area contributed by atoms with E-state index in [1.165, 1.54) is 12.8 Å². The van der Waals surface area contributed by atoms with E-state index in [1.54, 1.807) is 0 Å². The van der Waals surface area contributed by atoms with Crippen LogP contribution in [0.2, 0.25) is 0 Å². The fraction of sp³-hybridized carbons (Fsp3) is 1.00. The van der Waals surface area contributed by atoms with Gasteiger partial charge in [-0.15, -0.1) is 0 Å². The van der Waals surface area contributed by atoms with Crippen molar-refractivity contribution in [2.24, 2.45) is 11.7 Å². The largest absolute Gasteiger partial charge is 0.328 e. The number of hydrogen-bond donors (Lipinski definition) is 1. The zero-order valence-electron chi connectivity index (χ0n) is 10.6. The van der Waals surface area contributed by atoms with E-state index in [1.807, 2.05) is 6.92 Å². The molecule has 0 aromatic carbocycles. The molecule has 4 nitrogen and oxygen atoms in total. The van der Waals surface area contributed by atoms with E-state index in [0.717, 1.165) is 19.4 Å². The third kappa shape index (κ3) is 3.66. The highest BCUT2D eigenvalue weighted by molar-refractivity contribution is 7.91. The molecule has 100 valence electrons. The Labute approximate surface area is 104 Å². The average Bonchev–Trinajstić information content (AvgIpc) is 2.22. The smallest absolute Gasteiger partial charge is 0.153 e. The van der Waals surface area contributed by atoms with E-state index in [4.69, 9.17) is 5.73 Å². The van der Waals surface area contributed by atoms with Gasteiger partial charge in [-0.1, -0.05) is 6.42 Å². The maximum Gasteiger partial charge on any atom is 0.153 e. The molecule has 2 aliphatic rings. The van der Waals surface area contributed by atoms with Crippen molar-refractivity contribution < 1.29 is 8.42 Å². The van der Waals surface area contributed by atoms with Crippen LogP contribution >= 0.6 is 0 Å². The van der Waals surface area contributed by atoms with Crippen LogP contribution in [0.3, 0.4) is 0 Å². The summed E-state index contributed by atoms with van der Waals surface area (Å²) in [5.74, 6) is 1.32. The molecule has 2 rings (SSSR count). The first-order valence-electron chi connectivity index (χ1n) is 6.66. The SMILES string of the molecule is CC1CS(=O)(=O)CCN1CC1CCCC(N)C1. The van der Waals surface area contributed by atoms with Gasteiger partial charge in [0, 0.05) is 25.2 Å². The highest BCUT2D eigenvalue weighted by Crippen LogP contribution is 2.25. The maximum atomic E-state index is 11.5. The summed E-state index contributed by atoms with van der Waals surface area (Å²) in [6.07, 6.45) is 4.74. The Balaban J connectivity index is 1.87. The molecule has 1 saturated carbocycles. The molecule has 3 atom stereocenters. The van der Waals surface area contributed by atoms with Crippen LogP contribution in [-0.4, -0.2) is 50.0 Å². The lowest BCUT2D eigenvalue weighted by molar-refractivity contribution is 0.163. The fourth-order valence-corrected chi connectivity index (χ4v) is 4.76. The summed E-state index contributed by atoms with van der Waals surface area (Å²) < 4.78 is 23.0. The normalized spacial score (nSPS) is 39.1. The van der Waals surface area contributed by atoms with Crippen molar-refractivity contribution in [3.05, 3.63) is 0 Å². The second kappa shape index (κ2) is 5.24. The summed E-state index contributed by atoms with van der Waals surface area (Å²) in [6, 6.07) is 0.532. The number of sulfone groups is 1. The van der Waals surface area contributed by atoms with Gasteiger partial charge in [0.05, 0.1) is 11.5 Å². The lowest BCUT2D eigenvalue weighted by Gasteiger charge is -2.37. The van der Waals surface area contributed by atoms with Crippen LogP contribution < -0.4 is 5.73 Å². The number of nitrogens with two attached hydrogens (primary N) is 1. The molecular formula is C12H24N2O2S. The van der Waals surface area contributed by atoms with Crippen LogP contribution in [-0.2, 0) is 9.84 Å². The van der Waals surface area contributed by atoms with E-state index < -0.39 is 9.84 Å². The molecule has 5 heteroatoms. The first kappa shape index (κ1) is 13.3. The van der Waals surface area contributed by atoms with E-state index >= 15 is 0 Å². The molecule has 2 N–H and O–H groups in total. The minimum absolute atomic E-state index is 0.173. The number of rotatable bonds is 2. The Bertz CT molecular complexity index is 356. The molecular weight excluding hydrogens is 236 g/mol. The van der Waals surface area contributed by atoms with Gasteiger partial charge in [0.1, 0.15) is 0 Å². The topological polar surface area (TPSA) is 63.4 Å². The molecule has 1 aliphatic heterocycles. The minimum Gasteiger partial charge on any atom is -0.328 e. The molecule has 0 amide bonds. The van der Waals surface area contributed by atoms with Gasteiger partial charge in [-0.25, -0.2) is 8.42 Å². The van der Waals surface area contributed by atoms with Crippen molar-refractivity contribution in [2.75, 3.05) is 24.6 Å². The quantitative estimate of drug-likeness (QED) is 0.791. The minimum atomic E-state index is -2.78. The van der Waals surface area contributed by atoms with Crippen molar-refractivity contribution in [1.29, 1.82) is 0 Å². The molecule has 17 heavy (non-hydrogen) atoms. The standard InChI is InChI=1S/C12H24N2O2S/c1-10-9-17(15,16)6-5-14(10)8-11-3-2-4-12(13)7-11/h10-12H,2-9,13H2,1H3. The molecule has 1 heterocycles. The molecule has 0 radical (unpaired) electrons. The Morgan fingerprint density at radius 3 is 2.76 bits per heavy atom. The van der Waals surface area contributed by atoms with Crippen LogP contribution in [0.1, 0.15) is 32.6 Å². The summed E-state index contributed by atoms with van der Waals surface area (Å²) in [5, 5.41) is 0. The summed E-state index contributed by atoms with van der Waals surface area (Å²) in [4.78, 5) is 2.34. The maximum absolute atomic E-state index is 11.5. The van der Waals surface area contributed by atoms with Gasteiger partial charge in [0.2, 0.25) is 0 Å². The summed E-state index contributed by atoms with van der Waals surface area (Å²) in [7, 11) is -2.78. The first-order chi connectivity index (χ1) is 7.96. The number of hydrogen-bond acceptors (Lipinski definition) is 4. The van der Waals surface area contributed by atoms with E-state index in [0.29, 0.717) is 30.0 Å². The van der Waals surface area contributed by atoms with Gasteiger partial charge < -0.3 is 5.73 Å². The molecule has 2 fully saturated rings. The van der Waals surface area contributed by atoms with Gasteiger partial charge in [-0.3, -0.25) is 4.90 Å². The zero-order valence-corrected chi connectivity index (χ0v) is 11.5. The predicted octanol–water partition coefficient (Wildman–Crippen LogP) is 0.623. The molecule has 0 aromatic heterocycles. The molecule has 3 unspecified atom stereocenters. The summed E-state index contributed by atoms with van der Waals surface area (Å²) in [6.45, 7) is 3.76.